The van der Waals surface area contributed by atoms with Gasteiger partial charge in [0.25, 0.3) is 0 Å². The van der Waals surface area contributed by atoms with E-state index in [0.29, 0.717) is 23.8 Å². The Labute approximate surface area is 168 Å². The van der Waals surface area contributed by atoms with Gasteiger partial charge in [-0.15, -0.1) is 0 Å². The highest BCUT2D eigenvalue weighted by Crippen LogP contribution is 2.31. The van der Waals surface area contributed by atoms with Crippen LogP contribution in [0.4, 0.5) is 4.79 Å². The minimum atomic E-state index is -1.03. The summed E-state index contributed by atoms with van der Waals surface area (Å²) in [5.74, 6) is 0.730. The van der Waals surface area contributed by atoms with E-state index in [-0.39, 0.29) is 5.92 Å². The zero-order valence-electron chi connectivity index (χ0n) is 16.0. The lowest BCUT2D eigenvalue weighted by molar-refractivity contribution is 0.169. The van der Waals surface area contributed by atoms with Crippen LogP contribution in [0.3, 0.4) is 0 Å². The number of hydrogen-bond donors (Lipinski definition) is 2. The molecular formula is C20H23ClN4O3. The number of aromatic nitrogens is 3. The Morgan fingerprint density at radius 2 is 2.11 bits per heavy atom. The summed E-state index contributed by atoms with van der Waals surface area (Å²) in [6.07, 6.45) is 3.05. The molecule has 3 aromatic rings. The van der Waals surface area contributed by atoms with Crippen LogP contribution in [-0.4, -0.2) is 37.9 Å². The molecule has 0 aliphatic heterocycles. The largest absolute Gasteiger partial charge is 0.492 e. The van der Waals surface area contributed by atoms with E-state index in [1.807, 2.05) is 51.1 Å². The maximum absolute atomic E-state index is 10.9. The van der Waals surface area contributed by atoms with E-state index in [4.69, 9.17) is 21.4 Å². The van der Waals surface area contributed by atoms with Gasteiger partial charge in [-0.2, -0.15) is 5.10 Å². The number of nitrogens with one attached hydrogen (secondary N) is 1. The molecule has 1 amide bonds. The summed E-state index contributed by atoms with van der Waals surface area (Å²) >= 11 is 6.43. The Morgan fingerprint density at radius 1 is 1.32 bits per heavy atom. The van der Waals surface area contributed by atoms with Crippen molar-refractivity contribution in [1.29, 1.82) is 0 Å². The first-order valence-corrected chi connectivity index (χ1v) is 9.35. The molecule has 0 unspecified atom stereocenters. The second-order valence-electron chi connectivity index (χ2n) is 7.51. The van der Waals surface area contributed by atoms with E-state index in [1.54, 1.807) is 16.9 Å². The van der Waals surface area contributed by atoms with Crippen LogP contribution in [0.15, 0.2) is 42.7 Å². The monoisotopic (exact) mass is 402 g/mol. The van der Waals surface area contributed by atoms with Gasteiger partial charge in [-0.3, -0.25) is 0 Å². The van der Waals surface area contributed by atoms with Crippen LogP contribution in [0.1, 0.15) is 27.2 Å². The summed E-state index contributed by atoms with van der Waals surface area (Å²) < 4.78 is 7.63. The standard InChI is InChI=1S/C20H23ClN4O3/c1-13(11-20(2,3)24-19(26)27)12-28-17-5-4-14(10-15(17)21)16-6-8-22-18-7-9-23-25(16)18/h4-10,13,24H,11-12H2,1-3H3,(H,26,27)/t13-/m0/s1. The second-order valence-corrected chi connectivity index (χ2v) is 7.92. The quantitative estimate of drug-likeness (QED) is 0.607. The fourth-order valence-corrected chi connectivity index (χ4v) is 3.57. The minimum absolute atomic E-state index is 0.140. The number of carbonyl (C=O) groups is 1. The van der Waals surface area contributed by atoms with E-state index in [2.05, 4.69) is 15.4 Å². The number of halogens is 1. The van der Waals surface area contributed by atoms with Crippen LogP contribution in [0.2, 0.25) is 5.02 Å². The van der Waals surface area contributed by atoms with Crippen molar-refractivity contribution in [3.63, 3.8) is 0 Å². The van der Waals surface area contributed by atoms with Crippen molar-refractivity contribution >= 4 is 23.3 Å². The molecule has 1 atom stereocenters. The van der Waals surface area contributed by atoms with Gasteiger partial charge >= 0.3 is 6.09 Å². The summed E-state index contributed by atoms with van der Waals surface area (Å²) in [7, 11) is 0. The van der Waals surface area contributed by atoms with Crippen molar-refractivity contribution in [3.8, 4) is 17.0 Å². The highest BCUT2D eigenvalue weighted by Gasteiger charge is 2.23. The third-order valence-corrected chi connectivity index (χ3v) is 4.64. The van der Waals surface area contributed by atoms with Crippen LogP contribution >= 0.6 is 11.6 Å². The molecule has 0 saturated carbocycles. The first-order valence-electron chi connectivity index (χ1n) is 8.98. The van der Waals surface area contributed by atoms with Gasteiger partial charge in [0, 0.05) is 23.4 Å². The van der Waals surface area contributed by atoms with Gasteiger partial charge in [0.15, 0.2) is 5.65 Å². The summed E-state index contributed by atoms with van der Waals surface area (Å²) in [4.78, 5) is 15.1. The number of nitrogens with zero attached hydrogens (tertiary/aromatic N) is 3. The number of amides is 1. The van der Waals surface area contributed by atoms with Crippen LogP contribution in [0, 0.1) is 5.92 Å². The van der Waals surface area contributed by atoms with Gasteiger partial charge in [0.2, 0.25) is 0 Å². The van der Waals surface area contributed by atoms with Crippen molar-refractivity contribution in [2.24, 2.45) is 5.92 Å². The van der Waals surface area contributed by atoms with E-state index < -0.39 is 11.6 Å². The molecule has 2 heterocycles. The van der Waals surface area contributed by atoms with Gasteiger partial charge in [-0.1, -0.05) is 18.5 Å². The summed E-state index contributed by atoms with van der Waals surface area (Å²) in [6.45, 7) is 6.15. The number of hydrogen-bond acceptors (Lipinski definition) is 4. The van der Waals surface area contributed by atoms with Gasteiger partial charge in [0.1, 0.15) is 5.75 Å². The minimum Gasteiger partial charge on any atom is -0.492 e. The lowest BCUT2D eigenvalue weighted by Crippen LogP contribution is -2.44. The lowest BCUT2D eigenvalue weighted by atomic mass is 9.92. The predicted octanol–water partition coefficient (Wildman–Crippen LogP) is 4.50. The number of fused-ring (bicyclic) bond motifs is 1. The molecule has 2 aromatic heterocycles. The molecule has 0 aliphatic rings. The fraction of sp³-hybridized carbons (Fsp3) is 0.350. The highest BCUT2D eigenvalue weighted by atomic mass is 35.5. The second kappa shape index (κ2) is 8.06. The molecule has 7 nitrogen and oxygen atoms in total. The van der Waals surface area contributed by atoms with Crippen LogP contribution in [0.25, 0.3) is 16.9 Å². The van der Waals surface area contributed by atoms with Crippen molar-refractivity contribution in [2.75, 3.05) is 6.61 Å². The lowest BCUT2D eigenvalue weighted by Gasteiger charge is -2.28. The molecule has 2 N–H and O–H groups in total. The third-order valence-electron chi connectivity index (χ3n) is 4.35. The van der Waals surface area contributed by atoms with E-state index in [0.717, 1.165) is 16.9 Å². The molecule has 0 fully saturated rings. The first kappa shape index (κ1) is 19.9. The molecule has 1 aromatic carbocycles. The average Bonchev–Trinajstić information content (AvgIpc) is 3.07. The average molecular weight is 403 g/mol. The normalized spacial score (nSPS) is 12.7. The van der Waals surface area contributed by atoms with Crippen molar-refractivity contribution < 1.29 is 14.6 Å². The molecule has 0 bridgehead atoms. The maximum Gasteiger partial charge on any atom is 0.405 e. The zero-order chi connectivity index (χ0) is 20.3. The van der Waals surface area contributed by atoms with Gasteiger partial charge in [-0.25, -0.2) is 14.3 Å². The number of benzene rings is 1. The maximum atomic E-state index is 10.9. The molecule has 148 valence electrons. The van der Waals surface area contributed by atoms with E-state index in [9.17, 15) is 4.79 Å². The SMILES string of the molecule is C[C@H](COc1ccc(-c2ccnc3ccnn23)cc1Cl)CC(C)(C)NC(=O)O. The predicted molar refractivity (Wildman–Crippen MR) is 108 cm³/mol. The van der Waals surface area contributed by atoms with Gasteiger partial charge in [0.05, 0.1) is 23.5 Å². The Hall–Kier alpha value is -2.80. The molecule has 0 saturated heterocycles. The van der Waals surface area contributed by atoms with Crippen molar-refractivity contribution in [1.82, 2.24) is 19.9 Å². The number of rotatable bonds is 7. The summed E-state index contributed by atoms with van der Waals surface area (Å²) in [5, 5.41) is 16.2. The number of carboxylic acid groups (broad SMARTS) is 1. The Kier molecular flexibility index (Phi) is 5.74. The Bertz CT molecular complexity index is 986. The van der Waals surface area contributed by atoms with Crippen LogP contribution in [-0.2, 0) is 0 Å². The zero-order valence-corrected chi connectivity index (χ0v) is 16.8. The molecular weight excluding hydrogens is 380 g/mol. The molecule has 3 rings (SSSR count). The van der Waals surface area contributed by atoms with Crippen LogP contribution < -0.4 is 10.1 Å². The fourth-order valence-electron chi connectivity index (χ4n) is 3.33. The van der Waals surface area contributed by atoms with Crippen molar-refractivity contribution in [2.45, 2.75) is 32.7 Å². The first-order chi connectivity index (χ1) is 13.2. The molecule has 8 heteroatoms. The number of ether oxygens (including phenoxy) is 1. The molecule has 28 heavy (non-hydrogen) atoms. The van der Waals surface area contributed by atoms with Crippen molar-refractivity contribution in [3.05, 3.63) is 47.7 Å². The molecule has 0 radical (unpaired) electrons. The Balaban J connectivity index is 1.68. The van der Waals surface area contributed by atoms with Gasteiger partial charge in [-0.05, 0) is 50.5 Å². The Morgan fingerprint density at radius 3 is 2.82 bits per heavy atom. The van der Waals surface area contributed by atoms with Gasteiger partial charge < -0.3 is 15.2 Å². The third kappa shape index (κ3) is 4.72. The van der Waals surface area contributed by atoms with Crippen LogP contribution in [0.5, 0.6) is 5.75 Å². The summed E-state index contributed by atoms with van der Waals surface area (Å²) in [5.41, 5.74) is 2.03. The van der Waals surface area contributed by atoms with E-state index >= 15 is 0 Å². The smallest absolute Gasteiger partial charge is 0.405 e. The highest BCUT2D eigenvalue weighted by molar-refractivity contribution is 6.32. The summed E-state index contributed by atoms with van der Waals surface area (Å²) in [6, 6.07) is 9.32. The topological polar surface area (TPSA) is 88.8 Å². The van der Waals surface area contributed by atoms with E-state index in [1.165, 1.54) is 0 Å². The molecule has 0 aliphatic carbocycles. The molecule has 0 spiro atoms.